The fraction of sp³-hybridized carbons (Fsp3) is 0.577. The quantitative estimate of drug-likeness (QED) is 0.117. The molecular weight excluding hydrogens is 977 g/mol. The molecule has 2 saturated heterocycles. The van der Waals surface area contributed by atoms with E-state index in [-0.39, 0.29) is 85.5 Å². The van der Waals surface area contributed by atoms with Crippen molar-refractivity contribution in [3.8, 4) is 11.5 Å². The number of ether oxygens (including phenoxy) is 3. The number of carboxylic acid groups (broad SMARTS) is 1. The van der Waals surface area contributed by atoms with Crippen molar-refractivity contribution in [1.82, 2.24) is 9.80 Å². The SMILES string of the molecule is CCOC(=O)C1CCN(Cc2cccc3c(C(F)(F)F)c(OC4CCC(C(F)(F)F)CC4)ccc23)CC1.O=C(O)C1CCN(Cc2cccc3c(C(F)(F)F)c(OC4CCC(C(F)(F)F)CC4)ccc23)CC1. The highest BCUT2D eigenvalue weighted by Crippen LogP contribution is 2.47. The summed E-state index contributed by atoms with van der Waals surface area (Å²) in [6.45, 7) is 5.27. The maximum atomic E-state index is 14.2. The van der Waals surface area contributed by atoms with Gasteiger partial charge < -0.3 is 19.3 Å². The second kappa shape index (κ2) is 22.6. The lowest BCUT2D eigenvalue weighted by Crippen LogP contribution is -2.36. The van der Waals surface area contributed by atoms with Crippen LogP contribution < -0.4 is 9.47 Å². The van der Waals surface area contributed by atoms with Crippen LogP contribution >= 0.6 is 0 Å². The summed E-state index contributed by atoms with van der Waals surface area (Å²) >= 11 is 0. The Kier molecular flexibility index (Phi) is 17.2. The van der Waals surface area contributed by atoms with E-state index in [0.29, 0.717) is 87.9 Å². The zero-order valence-corrected chi connectivity index (χ0v) is 39.6. The minimum Gasteiger partial charge on any atom is -0.490 e. The zero-order chi connectivity index (χ0) is 52.2. The van der Waals surface area contributed by atoms with Crippen molar-refractivity contribution < 1.29 is 81.6 Å². The summed E-state index contributed by atoms with van der Waals surface area (Å²) in [4.78, 5) is 27.3. The molecule has 2 heterocycles. The predicted molar refractivity (Wildman–Crippen MR) is 243 cm³/mol. The molecular formula is C52H58F12N2O6. The molecule has 4 aromatic rings. The fourth-order valence-corrected chi connectivity index (χ4v) is 10.6. The van der Waals surface area contributed by atoms with Crippen molar-refractivity contribution >= 4 is 33.5 Å². The van der Waals surface area contributed by atoms with Crippen molar-refractivity contribution in [3.05, 3.63) is 82.9 Å². The number of hydrogen-bond donors (Lipinski definition) is 1. The van der Waals surface area contributed by atoms with E-state index in [1.807, 2.05) is 4.90 Å². The van der Waals surface area contributed by atoms with Crippen molar-refractivity contribution in [2.24, 2.45) is 23.7 Å². The minimum atomic E-state index is -4.71. The van der Waals surface area contributed by atoms with E-state index in [0.717, 1.165) is 5.56 Å². The van der Waals surface area contributed by atoms with E-state index in [2.05, 4.69) is 4.90 Å². The van der Waals surface area contributed by atoms with Crippen LogP contribution in [-0.4, -0.2) is 84.2 Å². The molecule has 20 heteroatoms. The van der Waals surface area contributed by atoms with E-state index >= 15 is 0 Å². The number of benzene rings is 4. The average Bonchev–Trinajstić information content (AvgIpc) is 3.31. The third-order valence-corrected chi connectivity index (χ3v) is 14.6. The lowest BCUT2D eigenvalue weighted by atomic mass is 9.87. The molecule has 1 N–H and O–H groups in total. The Hall–Kier alpha value is -4.98. The van der Waals surface area contributed by atoms with E-state index < -0.39 is 71.8 Å². The van der Waals surface area contributed by atoms with Crippen LogP contribution in [0.25, 0.3) is 21.5 Å². The van der Waals surface area contributed by atoms with E-state index in [9.17, 15) is 62.3 Å². The van der Waals surface area contributed by atoms with E-state index in [1.54, 1.807) is 43.3 Å². The smallest absolute Gasteiger partial charge is 0.420 e. The van der Waals surface area contributed by atoms with Gasteiger partial charge in [-0.2, -0.15) is 52.7 Å². The molecule has 2 saturated carbocycles. The molecule has 4 fully saturated rings. The first kappa shape index (κ1) is 54.8. The molecule has 72 heavy (non-hydrogen) atoms. The number of rotatable bonds is 11. The second-order valence-electron chi connectivity index (χ2n) is 19.4. The van der Waals surface area contributed by atoms with Gasteiger partial charge in [0.25, 0.3) is 0 Å². The second-order valence-corrected chi connectivity index (χ2v) is 19.4. The molecule has 0 aromatic heterocycles. The molecule has 2 aliphatic carbocycles. The Bertz CT molecular complexity index is 2480. The largest absolute Gasteiger partial charge is 0.490 e. The lowest BCUT2D eigenvalue weighted by molar-refractivity contribution is -0.186. The Morgan fingerprint density at radius 2 is 0.889 bits per heavy atom. The zero-order valence-electron chi connectivity index (χ0n) is 39.6. The first-order valence-corrected chi connectivity index (χ1v) is 24.4. The topological polar surface area (TPSA) is 88.5 Å². The molecule has 8 rings (SSSR count). The predicted octanol–water partition coefficient (Wildman–Crippen LogP) is 13.8. The highest BCUT2D eigenvalue weighted by Gasteiger charge is 2.45. The first-order valence-electron chi connectivity index (χ1n) is 24.4. The Labute approximate surface area is 408 Å². The maximum Gasteiger partial charge on any atom is 0.420 e. The van der Waals surface area contributed by atoms with Gasteiger partial charge in [0.2, 0.25) is 0 Å². The Balaban J connectivity index is 0.000000212. The number of aliphatic carboxylic acids is 1. The van der Waals surface area contributed by atoms with E-state index in [1.165, 1.54) is 24.3 Å². The van der Waals surface area contributed by atoms with Crippen LogP contribution in [0.5, 0.6) is 11.5 Å². The fourth-order valence-electron chi connectivity index (χ4n) is 10.6. The Morgan fingerprint density at radius 1 is 0.514 bits per heavy atom. The number of carboxylic acids is 1. The van der Waals surface area contributed by atoms with Gasteiger partial charge in [-0.1, -0.05) is 48.5 Å². The van der Waals surface area contributed by atoms with Crippen LogP contribution in [0, 0.1) is 23.7 Å². The molecule has 396 valence electrons. The monoisotopic (exact) mass is 1030 g/mol. The van der Waals surface area contributed by atoms with Crippen molar-refractivity contribution in [1.29, 1.82) is 0 Å². The number of halogens is 12. The van der Waals surface area contributed by atoms with Gasteiger partial charge in [0, 0.05) is 13.1 Å². The van der Waals surface area contributed by atoms with Gasteiger partial charge in [-0.15, -0.1) is 0 Å². The standard InChI is InChI=1S/C27H31F6NO3.C25H27F6NO3/c1-2-36-25(35)17-12-14-34(15-13-17)16-18-4-3-5-22-21(18)10-11-23(24(22)27(31,32)33)37-20-8-6-19(7-9-20)26(28,29)30;26-24(27,28)17-4-6-18(7-5-17)35-21-9-8-19-16(2-1-3-20(19)22(21)25(29,30)31)14-32-12-10-15(11-13-32)23(33)34/h3-5,10-11,17,19-20H,2,6-9,12-16H2,1H3;1-3,8-9,15,17-18H,4-7,10-14H2,(H,33,34). The van der Waals surface area contributed by atoms with Crippen molar-refractivity contribution in [2.45, 2.75) is 134 Å². The third kappa shape index (κ3) is 13.6. The van der Waals surface area contributed by atoms with Gasteiger partial charge in [-0.25, -0.2) is 0 Å². The van der Waals surface area contributed by atoms with Crippen LogP contribution in [0.2, 0.25) is 0 Å². The van der Waals surface area contributed by atoms with Crippen LogP contribution in [0.15, 0.2) is 60.7 Å². The van der Waals surface area contributed by atoms with Crippen LogP contribution in [0.1, 0.15) is 106 Å². The van der Waals surface area contributed by atoms with Crippen LogP contribution in [0.4, 0.5) is 52.7 Å². The summed E-state index contributed by atoms with van der Waals surface area (Å²) in [6, 6.07) is 15.2. The first-order chi connectivity index (χ1) is 33.9. The molecule has 8 nitrogen and oxygen atoms in total. The summed E-state index contributed by atoms with van der Waals surface area (Å²) < 4.78 is 179. The number of esters is 1. The van der Waals surface area contributed by atoms with Gasteiger partial charge >= 0.3 is 36.6 Å². The van der Waals surface area contributed by atoms with Gasteiger partial charge in [0.15, 0.2) is 0 Å². The number of carbonyl (C=O) groups is 2. The summed E-state index contributed by atoms with van der Waals surface area (Å²) in [7, 11) is 0. The lowest BCUT2D eigenvalue weighted by Gasteiger charge is -2.32. The molecule has 0 atom stereocenters. The maximum absolute atomic E-state index is 14.2. The summed E-state index contributed by atoms with van der Waals surface area (Å²) in [5.41, 5.74) is -0.390. The summed E-state index contributed by atoms with van der Waals surface area (Å²) in [6.07, 6.45) is -17.6. The number of piperidine rings is 2. The average molecular weight is 1040 g/mol. The minimum absolute atomic E-state index is 0.00730. The number of likely N-dealkylation sites (tertiary alicyclic amines) is 2. The van der Waals surface area contributed by atoms with Crippen LogP contribution in [0.3, 0.4) is 0 Å². The number of hydrogen-bond acceptors (Lipinski definition) is 7. The van der Waals surface area contributed by atoms with Gasteiger partial charge in [0.1, 0.15) is 22.6 Å². The third-order valence-electron chi connectivity index (χ3n) is 14.6. The van der Waals surface area contributed by atoms with E-state index in [4.69, 9.17) is 19.3 Å². The normalized spacial score (nSPS) is 22.6. The molecule has 2 aliphatic heterocycles. The summed E-state index contributed by atoms with van der Waals surface area (Å²) in [5, 5.41) is 10.0. The summed E-state index contributed by atoms with van der Waals surface area (Å²) in [5.74, 6) is -5.18. The number of fused-ring (bicyclic) bond motifs is 2. The molecule has 0 spiro atoms. The van der Waals surface area contributed by atoms with Crippen molar-refractivity contribution in [2.75, 3.05) is 32.8 Å². The molecule has 4 aromatic carbocycles. The van der Waals surface area contributed by atoms with Crippen molar-refractivity contribution in [3.63, 3.8) is 0 Å². The number of carbonyl (C=O) groups excluding carboxylic acids is 1. The molecule has 0 bridgehead atoms. The van der Waals surface area contributed by atoms with Crippen LogP contribution in [-0.2, 0) is 39.8 Å². The molecule has 4 aliphatic rings. The number of alkyl halides is 12. The highest BCUT2D eigenvalue weighted by molar-refractivity contribution is 5.92. The molecule has 0 unspecified atom stereocenters. The van der Waals surface area contributed by atoms with Gasteiger partial charge in [-0.05, 0) is 155 Å². The number of nitrogens with zero attached hydrogens (tertiary/aromatic N) is 2. The molecule has 0 radical (unpaired) electrons. The van der Waals surface area contributed by atoms with Gasteiger partial charge in [0.05, 0.1) is 42.5 Å². The molecule has 0 amide bonds. The highest BCUT2D eigenvalue weighted by atomic mass is 19.4. The Morgan fingerprint density at radius 3 is 1.22 bits per heavy atom. The van der Waals surface area contributed by atoms with Gasteiger partial charge in [-0.3, -0.25) is 19.4 Å².